The molecule has 0 bridgehead atoms. The van der Waals surface area contributed by atoms with Gasteiger partial charge in [0.2, 0.25) is 0 Å². The first kappa shape index (κ1) is 13.0. The number of hydrogen-bond donors (Lipinski definition) is 1. The maximum atomic E-state index is 8.92. The van der Waals surface area contributed by atoms with Crippen LogP contribution in [0.5, 0.6) is 11.5 Å². The van der Waals surface area contributed by atoms with Gasteiger partial charge in [0, 0.05) is 18.0 Å². The lowest BCUT2D eigenvalue weighted by atomic mass is 10.0. The molecule has 1 fully saturated rings. The summed E-state index contributed by atoms with van der Waals surface area (Å²) in [5, 5.41) is 12.3. The van der Waals surface area contributed by atoms with Gasteiger partial charge in [-0.1, -0.05) is 12.1 Å². The SMILES string of the molecule is N#CC1=Cc2cccc(OCC3CCCNC3)c2OC1. The van der Waals surface area contributed by atoms with Crippen LogP contribution in [-0.4, -0.2) is 26.3 Å². The van der Waals surface area contributed by atoms with Crippen LogP contribution in [0.4, 0.5) is 0 Å². The molecule has 0 spiro atoms. The third-order valence-electron chi connectivity index (χ3n) is 3.73. The third kappa shape index (κ3) is 2.78. The summed E-state index contributed by atoms with van der Waals surface area (Å²) in [5.41, 5.74) is 1.57. The Morgan fingerprint density at radius 2 is 2.40 bits per heavy atom. The van der Waals surface area contributed by atoms with Gasteiger partial charge in [0.25, 0.3) is 0 Å². The number of ether oxygens (including phenoxy) is 2. The second-order valence-corrected chi connectivity index (χ2v) is 5.27. The molecule has 1 unspecified atom stereocenters. The summed E-state index contributed by atoms with van der Waals surface area (Å²) in [6.45, 7) is 3.17. The number of nitrogens with one attached hydrogen (secondary N) is 1. The van der Waals surface area contributed by atoms with E-state index in [0.717, 1.165) is 30.2 Å². The molecule has 0 radical (unpaired) electrons. The number of benzene rings is 1. The van der Waals surface area contributed by atoms with Crippen molar-refractivity contribution in [3.63, 3.8) is 0 Å². The Bertz CT molecular complexity index is 554. The van der Waals surface area contributed by atoms with Crippen LogP contribution in [0.1, 0.15) is 18.4 Å². The van der Waals surface area contributed by atoms with E-state index in [9.17, 15) is 0 Å². The quantitative estimate of drug-likeness (QED) is 0.916. The number of piperidine rings is 1. The third-order valence-corrected chi connectivity index (χ3v) is 3.73. The Kier molecular flexibility index (Phi) is 3.89. The lowest BCUT2D eigenvalue weighted by molar-refractivity contribution is 0.208. The zero-order valence-electron chi connectivity index (χ0n) is 11.4. The highest BCUT2D eigenvalue weighted by molar-refractivity contribution is 5.68. The van der Waals surface area contributed by atoms with E-state index < -0.39 is 0 Å². The Morgan fingerprint density at radius 3 is 3.20 bits per heavy atom. The molecule has 1 N–H and O–H groups in total. The fourth-order valence-electron chi connectivity index (χ4n) is 2.63. The largest absolute Gasteiger partial charge is 0.489 e. The molecular weight excluding hydrogens is 252 g/mol. The van der Waals surface area contributed by atoms with Gasteiger partial charge in [0.15, 0.2) is 11.5 Å². The highest BCUT2D eigenvalue weighted by Crippen LogP contribution is 2.36. The fourth-order valence-corrected chi connectivity index (χ4v) is 2.63. The van der Waals surface area contributed by atoms with E-state index in [4.69, 9.17) is 14.7 Å². The minimum absolute atomic E-state index is 0.328. The molecule has 3 rings (SSSR count). The summed E-state index contributed by atoms with van der Waals surface area (Å²) in [6.07, 6.45) is 4.29. The molecule has 2 heterocycles. The normalized spacial score (nSPS) is 21.1. The maximum absolute atomic E-state index is 8.92. The molecular formula is C16H18N2O2. The highest BCUT2D eigenvalue weighted by atomic mass is 16.5. The topological polar surface area (TPSA) is 54.3 Å². The van der Waals surface area contributed by atoms with E-state index in [1.807, 2.05) is 24.3 Å². The lowest BCUT2D eigenvalue weighted by Crippen LogP contribution is -2.33. The molecule has 104 valence electrons. The summed E-state index contributed by atoms with van der Waals surface area (Å²) in [4.78, 5) is 0. The molecule has 2 aliphatic rings. The molecule has 1 saturated heterocycles. The first-order valence-electron chi connectivity index (χ1n) is 7.07. The van der Waals surface area contributed by atoms with Gasteiger partial charge in [-0.2, -0.15) is 5.26 Å². The van der Waals surface area contributed by atoms with E-state index >= 15 is 0 Å². The standard InChI is InChI=1S/C16H18N2O2/c17-8-13-7-14-4-1-5-15(16(14)20-11-13)19-10-12-3-2-6-18-9-12/h1,4-5,7,12,18H,2-3,6,9-11H2. The van der Waals surface area contributed by atoms with Crippen LogP contribution in [0, 0.1) is 17.2 Å². The number of rotatable bonds is 3. The van der Waals surface area contributed by atoms with Gasteiger partial charge in [-0.3, -0.25) is 0 Å². The van der Waals surface area contributed by atoms with E-state index in [1.165, 1.54) is 12.8 Å². The second kappa shape index (κ2) is 5.98. The van der Waals surface area contributed by atoms with Gasteiger partial charge in [-0.05, 0) is 31.5 Å². The van der Waals surface area contributed by atoms with Crippen LogP contribution < -0.4 is 14.8 Å². The molecule has 0 aliphatic carbocycles. The summed E-state index contributed by atoms with van der Waals surface area (Å²) in [6, 6.07) is 7.95. The number of nitrogens with zero attached hydrogens (tertiary/aromatic N) is 1. The van der Waals surface area contributed by atoms with Crippen molar-refractivity contribution in [1.29, 1.82) is 5.26 Å². The molecule has 1 aromatic rings. The zero-order valence-corrected chi connectivity index (χ0v) is 11.4. The van der Waals surface area contributed by atoms with Gasteiger partial charge < -0.3 is 14.8 Å². The molecule has 1 aromatic carbocycles. The van der Waals surface area contributed by atoms with E-state index in [1.54, 1.807) is 0 Å². The van der Waals surface area contributed by atoms with Gasteiger partial charge in [-0.25, -0.2) is 0 Å². The number of nitriles is 1. The van der Waals surface area contributed by atoms with Crippen LogP contribution in [0.25, 0.3) is 6.08 Å². The molecule has 20 heavy (non-hydrogen) atoms. The number of hydrogen-bond acceptors (Lipinski definition) is 4. The van der Waals surface area contributed by atoms with Crippen molar-refractivity contribution in [3.05, 3.63) is 29.3 Å². The van der Waals surface area contributed by atoms with Crippen molar-refractivity contribution in [2.45, 2.75) is 12.8 Å². The first-order chi connectivity index (χ1) is 9.86. The number of para-hydroxylation sites is 1. The van der Waals surface area contributed by atoms with Crippen molar-refractivity contribution in [1.82, 2.24) is 5.32 Å². The first-order valence-corrected chi connectivity index (χ1v) is 7.07. The van der Waals surface area contributed by atoms with E-state index in [0.29, 0.717) is 24.7 Å². The van der Waals surface area contributed by atoms with Gasteiger partial charge >= 0.3 is 0 Å². The molecule has 0 amide bonds. The van der Waals surface area contributed by atoms with E-state index in [2.05, 4.69) is 11.4 Å². The van der Waals surface area contributed by atoms with Crippen LogP contribution in [0.2, 0.25) is 0 Å². The number of fused-ring (bicyclic) bond motifs is 1. The van der Waals surface area contributed by atoms with Gasteiger partial charge in [-0.15, -0.1) is 0 Å². The second-order valence-electron chi connectivity index (χ2n) is 5.27. The fraction of sp³-hybridized carbons (Fsp3) is 0.438. The molecule has 4 nitrogen and oxygen atoms in total. The Morgan fingerprint density at radius 1 is 1.45 bits per heavy atom. The summed E-state index contributed by atoms with van der Waals surface area (Å²) in [5.74, 6) is 2.10. The predicted octanol–water partition coefficient (Wildman–Crippen LogP) is 2.36. The van der Waals surface area contributed by atoms with Crippen molar-refractivity contribution in [3.8, 4) is 17.6 Å². The molecule has 0 aromatic heterocycles. The van der Waals surface area contributed by atoms with E-state index in [-0.39, 0.29) is 0 Å². The average Bonchev–Trinajstić information content (AvgIpc) is 2.53. The highest BCUT2D eigenvalue weighted by Gasteiger charge is 2.18. The molecule has 4 heteroatoms. The molecule has 0 saturated carbocycles. The molecule has 2 aliphatic heterocycles. The van der Waals surface area contributed by atoms with Crippen LogP contribution in [-0.2, 0) is 0 Å². The van der Waals surface area contributed by atoms with Crippen molar-refractivity contribution in [2.24, 2.45) is 5.92 Å². The maximum Gasteiger partial charge on any atom is 0.168 e. The van der Waals surface area contributed by atoms with Gasteiger partial charge in [0.05, 0.1) is 18.2 Å². The minimum atomic E-state index is 0.328. The summed E-state index contributed by atoms with van der Waals surface area (Å²) in [7, 11) is 0. The average molecular weight is 270 g/mol. The zero-order chi connectivity index (χ0) is 13.8. The monoisotopic (exact) mass is 270 g/mol. The van der Waals surface area contributed by atoms with Crippen LogP contribution in [0.3, 0.4) is 0 Å². The Balaban J connectivity index is 1.71. The lowest BCUT2D eigenvalue weighted by Gasteiger charge is -2.24. The van der Waals surface area contributed by atoms with Crippen molar-refractivity contribution < 1.29 is 9.47 Å². The smallest absolute Gasteiger partial charge is 0.168 e. The van der Waals surface area contributed by atoms with Crippen molar-refractivity contribution >= 4 is 6.08 Å². The minimum Gasteiger partial charge on any atom is -0.489 e. The Hall–Kier alpha value is -1.99. The van der Waals surface area contributed by atoms with Crippen LogP contribution >= 0.6 is 0 Å². The molecule has 1 atom stereocenters. The summed E-state index contributed by atoms with van der Waals surface area (Å²) < 4.78 is 11.6. The predicted molar refractivity (Wildman–Crippen MR) is 76.6 cm³/mol. The van der Waals surface area contributed by atoms with Crippen molar-refractivity contribution in [2.75, 3.05) is 26.3 Å². The summed E-state index contributed by atoms with van der Waals surface area (Å²) >= 11 is 0. The Labute approximate surface area is 119 Å². The van der Waals surface area contributed by atoms with Crippen LogP contribution in [0.15, 0.2) is 23.8 Å². The van der Waals surface area contributed by atoms with Gasteiger partial charge in [0.1, 0.15) is 6.61 Å².